The van der Waals surface area contributed by atoms with Gasteiger partial charge in [0.2, 0.25) is 0 Å². The maximum atomic E-state index is 11.0. The Balaban J connectivity index is 1.97. The average Bonchev–Trinajstić information content (AvgIpc) is 3.00. The number of ether oxygens (including phenoxy) is 1. The van der Waals surface area contributed by atoms with Crippen molar-refractivity contribution in [2.75, 3.05) is 0 Å². The Morgan fingerprint density at radius 1 is 1.62 bits per heavy atom. The fraction of sp³-hybridized carbons (Fsp3) is 0.636. The van der Waals surface area contributed by atoms with Gasteiger partial charge >= 0.3 is 5.97 Å². The lowest BCUT2D eigenvalue weighted by Gasteiger charge is -2.33. The molecule has 1 aliphatic heterocycles. The van der Waals surface area contributed by atoms with Crippen LogP contribution in [-0.4, -0.2) is 26.9 Å². The van der Waals surface area contributed by atoms with Gasteiger partial charge in [0.1, 0.15) is 0 Å². The minimum absolute atomic E-state index is 0.158. The molecular formula is C11H14N2O3. The Bertz CT molecular complexity index is 450. The number of hydrogen-bond acceptors (Lipinski definition) is 3. The van der Waals surface area contributed by atoms with Crippen LogP contribution in [0.2, 0.25) is 0 Å². The summed E-state index contributed by atoms with van der Waals surface area (Å²) in [7, 11) is 0. The van der Waals surface area contributed by atoms with Crippen molar-refractivity contribution in [3.05, 3.63) is 17.0 Å². The monoisotopic (exact) mass is 222 g/mol. The van der Waals surface area contributed by atoms with Gasteiger partial charge in [-0.25, -0.2) is 4.79 Å². The number of rotatable bonds is 2. The third-order valence-electron chi connectivity index (χ3n) is 3.67. The number of nitrogens with one attached hydrogen (secondary N) is 1. The fourth-order valence-corrected chi connectivity index (χ4v) is 2.48. The maximum Gasteiger partial charge on any atom is 0.356 e. The van der Waals surface area contributed by atoms with E-state index < -0.39 is 5.97 Å². The fourth-order valence-electron chi connectivity index (χ4n) is 2.48. The van der Waals surface area contributed by atoms with Crippen molar-refractivity contribution >= 4 is 5.97 Å². The lowest BCUT2D eigenvalue weighted by Crippen LogP contribution is -2.37. The maximum absolute atomic E-state index is 11.0. The highest BCUT2D eigenvalue weighted by atomic mass is 16.5. The number of carboxylic acids is 1. The molecule has 0 bridgehead atoms. The lowest BCUT2D eigenvalue weighted by atomic mass is 9.88. The number of aromatic amines is 1. The summed E-state index contributed by atoms with van der Waals surface area (Å²) in [4.78, 5) is 11.0. The first-order chi connectivity index (χ1) is 7.60. The summed E-state index contributed by atoms with van der Waals surface area (Å²) in [5.41, 5.74) is 1.61. The van der Waals surface area contributed by atoms with E-state index in [1.807, 2.05) is 0 Å². The van der Waals surface area contributed by atoms with E-state index in [0.717, 1.165) is 11.3 Å². The predicted molar refractivity (Wildman–Crippen MR) is 55.2 cm³/mol. The number of carbonyl (C=O) groups is 1. The van der Waals surface area contributed by atoms with E-state index >= 15 is 0 Å². The van der Waals surface area contributed by atoms with Crippen LogP contribution >= 0.6 is 0 Å². The molecule has 1 fully saturated rings. The van der Waals surface area contributed by atoms with Crippen LogP contribution in [0.25, 0.3) is 0 Å². The normalized spacial score (nSPS) is 28.8. The van der Waals surface area contributed by atoms with Crippen LogP contribution in [0.4, 0.5) is 0 Å². The second-order valence-electron chi connectivity index (χ2n) is 4.89. The standard InChI is InChI=1S/C11H14N2O3/c1-11(6-2-3-6)4-7-8(5-16-11)12-13-9(7)10(14)15/h6H,2-5H2,1H3,(H,12,13)(H,14,15). The second-order valence-corrected chi connectivity index (χ2v) is 4.89. The quantitative estimate of drug-likeness (QED) is 0.792. The Hall–Kier alpha value is -1.36. The summed E-state index contributed by atoms with van der Waals surface area (Å²) >= 11 is 0. The summed E-state index contributed by atoms with van der Waals surface area (Å²) in [5.74, 6) is -0.380. The average molecular weight is 222 g/mol. The van der Waals surface area contributed by atoms with Crippen LogP contribution in [0.5, 0.6) is 0 Å². The third kappa shape index (κ3) is 1.35. The zero-order chi connectivity index (χ0) is 11.3. The summed E-state index contributed by atoms with van der Waals surface area (Å²) in [5, 5.41) is 15.6. The van der Waals surface area contributed by atoms with Crippen LogP contribution in [0.1, 0.15) is 41.5 Å². The molecular weight excluding hydrogens is 208 g/mol. The number of carboxylic acid groups (broad SMARTS) is 1. The van der Waals surface area contributed by atoms with E-state index in [4.69, 9.17) is 9.84 Å². The molecule has 1 atom stereocenters. The van der Waals surface area contributed by atoms with Gasteiger partial charge < -0.3 is 9.84 Å². The predicted octanol–water partition coefficient (Wildman–Crippen LogP) is 1.35. The molecule has 0 radical (unpaired) electrons. The van der Waals surface area contributed by atoms with Crippen molar-refractivity contribution in [1.29, 1.82) is 0 Å². The van der Waals surface area contributed by atoms with Gasteiger partial charge in [0, 0.05) is 12.0 Å². The Morgan fingerprint density at radius 3 is 3.00 bits per heavy atom. The van der Waals surface area contributed by atoms with Crippen molar-refractivity contribution in [2.24, 2.45) is 5.92 Å². The highest BCUT2D eigenvalue weighted by Gasteiger charge is 2.46. The first kappa shape index (κ1) is 9.84. The Kier molecular flexibility index (Phi) is 1.89. The molecule has 1 aliphatic carbocycles. The molecule has 2 heterocycles. The van der Waals surface area contributed by atoms with Gasteiger partial charge in [-0.15, -0.1) is 0 Å². The summed E-state index contributed by atoms with van der Waals surface area (Å²) in [6.45, 7) is 2.52. The molecule has 86 valence electrons. The first-order valence-electron chi connectivity index (χ1n) is 5.53. The van der Waals surface area contributed by atoms with Crippen molar-refractivity contribution in [3.8, 4) is 0 Å². The van der Waals surface area contributed by atoms with Crippen molar-refractivity contribution < 1.29 is 14.6 Å². The van der Waals surface area contributed by atoms with E-state index in [1.165, 1.54) is 12.8 Å². The molecule has 0 aromatic carbocycles. The SMILES string of the molecule is CC1(C2CC2)Cc2c(C(=O)O)n[nH]c2CO1. The van der Waals surface area contributed by atoms with Crippen molar-refractivity contribution in [3.63, 3.8) is 0 Å². The minimum atomic E-state index is -0.961. The largest absolute Gasteiger partial charge is 0.476 e. The number of hydrogen-bond donors (Lipinski definition) is 2. The molecule has 0 amide bonds. The molecule has 16 heavy (non-hydrogen) atoms. The van der Waals surface area contributed by atoms with Crippen LogP contribution in [-0.2, 0) is 17.8 Å². The van der Waals surface area contributed by atoms with E-state index in [9.17, 15) is 4.79 Å². The number of aromatic carboxylic acids is 1. The molecule has 5 heteroatoms. The highest BCUT2D eigenvalue weighted by molar-refractivity contribution is 5.87. The zero-order valence-electron chi connectivity index (χ0n) is 9.12. The van der Waals surface area contributed by atoms with Crippen LogP contribution < -0.4 is 0 Å². The number of fused-ring (bicyclic) bond motifs is 1. The first-order valence-corrected chi connectivity index (χ1v) is 5.53. The Morgan fingerprint density at radius 2 is 2.38 bits per heavy atom. The summed E-state index contributed by atoms with van der Waals surface area (Å²) < 4.78 is 5.84. The van der Waals surface area contributed by atoms with E-state index in [0.29, 0.717) is 18.9 Å². The van der Waals surface area contributed by atoms with Gasteiger partial charge in [0.25, 0.3) is 0 Å². The van der Waals surface area contributed by atoms with Crippen LogP contribution in [0, 0.1) is 5.92 Å². The van der Waals surface area contributed by atoms with Gasteiger partial charge in [-0.3, -0.25) is 5.10 Å². The molecule has 1 unspecified atom stereocenters. The molecule has 0 spiro atoms. The molecule has 3 rings (SSSR count). The van der Waals surface area contributed by atoms with Gasteiger partial charge in [0.15, 0.2) is 5.69 Å². The molecule has 1 saturated carbocycles. The molecule has 1 aromatic rings. The topological polar surface area (TPSA) is 75.2 Å². The number of nitrogens with zero attached hydrogens (tertiary/aromatic N) is 1. The smallest absolute Gasteiger partial charge is 0.356 e. The molecule has 2 N–H and O–H groups in total. The Labute approximate surface area is 92.8 Å². The van der Waals surface area contributed by atoms with E-state index in [-0.39, 0.29) is 11.3 Å². The van der Waals surface area contributed by atoms with E-state index in [1.54, 1.807) is 0 Å². The minimum Gasteiger partial charge on any atom is -0.476 e. The number of H-pyrrole nitrogens is 1. The van der Waals surface area contributed by atoms with Gasteiger partial charge in [-0.05, 0) is 25.7 Å². The van der Waals surface area contributed by atoms with Gasteiger partial charge in [-0.1, -0.05) is 0 Å². The third-order valence-corrected chi connectivity index (χ3v) is 3.67. The molecule has 1 aromatic heterocycles. The van der Waals surface area contributed by atoms with Gasteiger partial charge in [0.05, 0.1) is 17.9 Å². The molecule has 0 saturated heterocycles. The number of aromatic nitrogens is 2. The summed E-state index contributed by atoms with van der Waals surface area (Å²) in [6, 6.07) is 0. The van der Waals surface area contributed by atoms with E-state index in [2.05, 4.69) is 17.1 Å². The molecule has 5 nitrogen and oxygen atoms in total. The van der Waals surface area contributed by atoms with Gasteiger partial charge in [-0.2, -0.15) is 5.10 Å². The lowest BCUT2D eigenvalue weighted by molar-refractivity contribution is -0.0709. The zero-order valence-corrected chi connectivity index (χ0v) is 9.12. The second kappa shape index (κ2) is 3.07. The van der Waals surface area contributed by atoms with Crippen molar-refractivity contribution in [2.45, 2.75) is 38.4 Å². The van der Waals surface area contributed by atoms with Crippen LogP contribution in [0.3, 0.4) is 0 Å². The highest BCUT2D eigenvalue weighted by Crippen LogP contribution is 2.46. The molecule has 2 aliphatic rings. The van der Waals surface area contributed by atoms with Crippen molar-refractivity contribution in [1.82, 2.24) is 10.2 Å². The van der Waals surface area contributed by atoms with Crippen LogP contribution in [0.15, 0.2) is 0 Å². The summed E-state index contributed by atoms with van der Waals surface area (Å²) in [6.07, 6.45) is 3.03.